The molecule has 1 fully saturated rings. The fourth-order valence-electron chi connectivity index (χ4n) is 3.62. The highest BCUT2D eigenvalue weighted by Gasteiger charge is 2.34. The van der Waals surface area contributed by atoms with Crippen LogP contribution < -0.4 is 15.4 Å². The van der Waals surface area contributed by atoms with Gasteiger partial charge >= 0.3 is 0 Å². The summed E-state index contributed by atoms with van der Waals surface area (Å²) in [5.74, 6) is 1.11. The Kier molecular flexibility index (Phi) is 7.47. The molecule has 0 spiro atoms. The van der Waals surface area contributed by atoms with Gasteiger partial charge < -0.3 is 20.1 Å². The van der Waals surface area contributed by atoms with Crippen LogP contribution in [0.2, 0.25) is 0 Å². The van der Waals surface area contributed by atoms with Gasteiger partial charge in [0, 0.05) is 32.2 Å². The third-order valence-electron chi connectivity index (χ3n) is 5.36. The zero-order valence-electron chi connectivity index (χ0n) is 17.2. The zero-order valence-corrected chi connectivity index (χ0v) is 17.2. The van der Waals surface area contributed by atoms with Crippen molar-refractivity contribution in [1.29, 1.82) is 0 Å². The van der Waals surface area contributed by atoms with E-state index in [1.807, 2.05) is 13.0 Å². The number of halogens is 1. The van der Waals surface area contributed by atoms with Crippen molar-refractivity contribution in [2.75, 3.05) is 33.4 Å². The van der Waals surface area contributed by atoms with Gasteiger partial charge in [-0.15, -0.1) is 0 Å². The van der Waals surface area contributed by atoms with Crippen molar-refractivity contribution in [2.24, 2.45) is 4.99 Å². The Bertz CT molecular complexity index is 774. The van der Waals surface area contributed by atoms with E-state index in [2.05, 4.69) is 39.9 Å². The molecule has 5 nitrogen and oxygen atoms in total. The van der Waals surface area contributed by atoms with E-state index in [-0.39, 0.29) is 17.3 Å². The van der Waals surface area contributed by atoms with Gasteiger partial charge in [-0.05, 0) is 49.6 Å². The number of aliphatic imine (C=N–C) groups is 1. The third-order valence-corrected chi connectivity index (χ3v) is 5.36. The van der Waals surface area contributed by atoms with Crippen molar-refractivity contribution in [3.8, 4) is 5.75 Å². The van der Waals surface area contributed by atoms with Crippen LogP contribution in [0.1, 0.15) is 25.3 Å². The maximum atomic E-state index is 13.0. The predicted octanol–water partition coefficient (Wildman–Crippen LogP) is 3.51. The molecule has 0 saturated carbocycles. The Morgan fingerprint density at radius 2 is 1.79 bits per heavy atom. The van der Waals surface area contributed by atoms with Crippen LogP contribution in [0.5, 0.6) is 5.75 Å². The Morgan fingerprint density at radius 1 is 1.10 bits per heavy atom. The molecule has 1 heterocycles. The third kappa shape index (κ3) is 5.94. The van der Waals surface area contributed by atoms with E-state index in [1.54, 1.807) is 19.2 Å². The molecule has 29 heavy (non-hydrogen) atoms. The van der Waals surface area contributed by atoms with Gasteiger partial charge in [0.15, 0.2) is 5.96 Å². The van der Waals surface area contributed by atoms with E-state index >= 15 is 0 Å². The topological polar surface area (TPSA) is 54.9 Å². The molecule has 0 radical (unpaired) electrons. The summed E-state index contributed by atoms with van der Waals surface area (Å²) in [6.07, 6.45) is 1.86. The Hall–Kier alpha value is -2.60. The van der Waals surface area contributed by atoms with Gasteiger partial charge in [-0.2, -0.15) is 0 Å². The summed E-state index contributed by atoms with van der Waals surface area (Å²) in [4.78, 5) is 4.35. The minimum absolute atomic E-state index is 0.0351. The van der Waals surface area contributed by atoms with E-state index < -0.39 is 0 Å². The maximum Gasteiger partial charge on any atom is 0.191 e. The number of rotatable bonds is 7. The van der Waals surface area contributed by atoms with E-state index in [1.165, 1.54) is 17.7 Å². The normalized spacial score (nSPS) is 17.4. The molecular formula is C23H30FN3O2. The van der Waals surface area contributed by atoms with Gasteiger partial charge in [0.25, 0.3) is 0 Å². The molecule has 6 heteroatoms. The first kappa shape index (κ1) is 21.1. The fourth-order valence-corrected chi connectivity index (χ4v) is 3.62. The minimum atomic E-state index is -0.270. The van der Waals surface area contributed by atoms with Crippen molar-refractivity contribution in [3.63, 3.8) is 0 Å². The standard InChI is InChI=1S/C23H30FN3O2/c1-18(29-21-10-8-20(24)9-11-21)16-26-22(25-2)27-17-23(12-14-28-15-13-23)19-6-4-3-5-7-19/h3-11,18H,12-17H2,1-2H3,(H2,25,26,27). The number of ether oxygens (including phenoxy) is 2. The van der Waals surface area contributed by atoms with Crippen molar-refractivity contribution in [2.45, 2.75) is 31.3 Å². The molecule has 1 aliphatic heterocycles. The number of guanidine groups is 1. The summed E-state index contributed by atoms with van der Waals surface area (Å²) in [6.45, 7) is 4.87. The van der Waals surface area contributed by atoms with E-state index in [4.69, 9.17) is 9.47 Å². The first-order chi connectivity index (χ1) is 14.1. The molecule has 1 unspecified atom stereocenters. The quantitative estimate of drug-likeness (QED) is 0.553. The summed E-state index contributed by atoms with van der Waals surface area (Å²) in [5.41, 5.74) is 1.37. The lowest BCUT2D eigenvalue weighted by atomic mass is 9.74. The van der Waals surface area contributed by atoms with Crippen LogP contribution in [0, 0.1) is 5.82 Å². The predicted molar refractivity (Wildman–Crippen MR) is 114 cm³/mol. The fraction of sp³-hybridized carbons (Fsp3) is 0.435. The van der Waals surface area contributed by atoms with Gasteiger partial charge in [-0.25, -0.2) is 4.39 Å². The minimum Gasteiger partial charge on any atom is -0.489 e. The van der Waals surface area contributed by atoms with Crippen LogP contribution in [0.3, 0.4) is 0 Å². The van der Waals surface area contributed by atoms with Crippen molar-refractivity contribution >= 4 is 5.96 Å². The average Bonchev–Trinajstić information content (AvgIpc) is 2.77. The summed E-state index contributed by atoms with van der Waals surface area (Å²) < 4.78 is 24.4. The van der Waals surface area contributed by atoms with Crippen molar-refractivity contribution in [1.82, 2.24) is 10.6 Å². The molecule has 1 atom stereocenters. The lowest BCUT2D eigenvalue weighted by Crippen LogP contribution is -2.49. The average molecular weight is 400 g/mol. The van der Waals surface area contributed by atoms with Crippen LogP contribution in [-0.2, 0) is 10.2 Å². The largest absolute Gasteiger partial charge is 0.489 e. The second-order valence-corrected chi connectivity index (χ2v) is 7.45. The van der Waals surface area contributed by atoms with Crippen LogP contribution in [0.25, 0.3) is 0 Å². The molecule has 0 amide bonds. The molecule has 1 aliphatic rings. The second-order valence-electron chi connectivity index (χ2n) is 7.45. The Balaban J connectivity index is 1.54. The number of hydrogen-bond donors (Lipinski definition) is 2. The van der Waals surface area contributed by atoms with Gasteiger partial charge in [-0.1, -0.05) is 30.3 Å². The van der Waals surface area contributed by atoms with Crippen LogP contribution in [-0.4, -0.2) is 45.4 Å². The zero-order chi connectivity index (χ0) is 20.5. The number of benzene rings is 2. The molecule has 2 N–H and O–H groups in total. The Labute approximate surface area is 172 Å². The molecule has 1 saturated heterocycles. The lowest BCUT2D eigenvalue weighted by Gasteiger charge is -2.38. The molecule has 2 aromatic rings. The Morgan fingerprint density at radius 3 is 2.45 bits per heavy atom. The van der Waals surface area contributed by atoms with E-state index in [0.29, 0.717) is 12.3 Å². The van der Waals surface area contributed by atoms with Gasteiger partial charge in [0.05, 0.1) is 6.54 Å². The summed E-state index contributed by atoms with van der Waals surface area (Å²) >= 11 is 0. The highest BCUT2D eigenvalue weighted by atomic mass is 19.1. The van der Waals surface area contributed by atoms with Crippen molar-refractivity contribution in [3.05, 3.63) is 66.0 Å². The van der Waals surface area contributed by atoms with Gasteiger partial charge in [-0.3, -0.25) is 4.99 Å². The molecule has 3 rings (SSSR count). The monoisotopic (exact) mass is 399 g/mol. The molecule has 0 bridgehead atoms. The lowest BCUT2D eigenvalue weighted by molar-refractivity contribution is 0.0513. The van der Waals surface area contributed by atoms with Crippen LogP contribution in [0.4, 0.5) is 4.39 Å². The first-order valence-corrected chi connectivity index (χ1v) is 10.1. The number of hydrogen-bond acceptors (Lipinski definition) is 3. The summed E-state index contributed by atoms with van der Waals surface area (Å²) in [5, 5.41) is 6.80. The van der Waals surface area contributed by atoms with Crippen molar-refractivity contribution < 1.29 is 13.9 Å². The summed E-state index contributed by atoms with van der Waals surface area (Å²) in [7, 11) is 1.76. The summed E-state index contributed by atoms with van der Waals surface area (Å²) in [6, 6.07) is 16.7. The highest BCUT2D eigenvalue weighted by Crippen LogP contribution is 2.34. The van der Waals surface area contributed by atoms with E-state index in [9.17, 15) is 4.39 Å². The molecule has 0 aromatic heterocycles. The van der Waals surface area contributed by atoms with E-state index in [0.717, 1.165) is 38.6 Å². The van der Waals surface area contributed by atoms with Gasteiger partial charge in [0.2, 0.25) is 0 Å². The number of nitrogens with zero attached hydrogens (tertiary/aromatic N) is 1. The first-order valence-electron chi connectivity index (χ1n) is 10.1. The molecule has 2 aromatic carbocycles. The molecular weight excluding hydrogens is 369 g/mol. The number of nitrogens with one attached hydrogen (secondary N) is 2. The van der Waals surface area contributed by atoms with Gasteiger partial charge in [0.1, 0.15) is 17.7 Å². The van der Waals surface area contributed by atoms with Crippen LogP contribution >= 0.6 is 0 Å². The smallest absolute Gasteiger partial charge is 0.191 e. The molecule has 0 aliphatic carbocycles. The second kappa shape index (κ2) is 10.3. The molecule has 156 valence electrons. The SMILES string of the molecule is CN=C(NCC(C)Oc1ccc(F)cc1)NCC1(c2ccccc2)CCOCC1. The maximum absolute atomic E-state index is 13.0. The highest BCUT2D eigenvalue weighted by molar-refractivity contribution is 5.79. The van der Waals surface area contributed by atoms with Crippen LogP contribution in [0.15, 0.2) is 59.6 Å².